The smallest absolute Gasteiger partial charge is 0.435 e. The second-order valence-electron chi connectivity index (χ2n) is 3.85. The molecule has 0 aromatic rings. The van der Waals surface area contributed by atoms with Crippen molar-refractivity contribution < 1.29 is 48.8 Å². The summed E-state index contributed by atoms with van der Waals surface area (Å²) in [6, 6.07) is 0. The molecule has 0 spiro atoms. The third-order valence-corrected chi connectivity index (χ3v) is 2.88. The monoisotopic (exact) mass is 356 g/mol. The van der Waals surface area contributed by atoms with Gasteiger partial charge in [0, 0.05) is 6.08 Å². The molecule has 0 aromatic heterocycles. The van der Waals surface area contributed by atoms with Crippen molar-refractivity contribution in [3.05, 3.63) is 24.3 Å². The average Bonchev–Trinajstić information content (AvgIpc) is 2.23. The fourth-order valence-electron chi connectivity index (χ4n) is 1.18. The molecule has 22 heavy (non-hydrogen) atoms. The molecule has 128 valence electrons. The minimum Gasteiger partial charge on any atom is -0.435 e. The fraction of sp³-hybridized carbons (Fsp3) is 0.500. The van der Waals surface area contributed by atoms with Gasteiger partial charge in [0.15, 0.2) is 0 Å². The quantitative estimate of drug-likeness (QED) is 0.269. The summed E-state index contributed by atoms with van der Waals surface area (Å²) in [6.45, 7) is 1.45. The SMILES string of the molecule is C/C=C/C=C/C(=O)OC(CS(=O)(=O)O)(C(F)(F)F)C(F)(F)F. The van der Waals surface area contributed by atoms with Gasteiger partial charge in [-0.25, -0.2) is 4.79 Å². The van der Waals surface area contributed by atoms with Gasteiger partial charge in [-0.2, -0.15) is 34.8 Å². The van der Waals surface area contributed by atoms with Crippen molar-refractivity contribution in [2.75, 3.05) is 5.75 Å². The Labute approximate surface area is 121 Å². The van der Waals surface area contributed by atoms with Crippen LogP contribution in [-0.2, 0) is 19.6 Å². The van der Waals surface area contributed by atoms with E-state index in [9.17, 15) is 39.6 Å². The van der Waals surface area contributed by atoms with Crippen molar-refractivity contribution in [3.8, 4) is 0 Å². The molecule has 0 radical (unpaired) electrons. The number of halogens is 6. The largest absolute Gasteiger partial charge is 0.438 e. The van der Waals surface area contributed by atoms with Gasteiger partial charge in [0.05, 0.1) is 0 Å². The molecular weight excluding hydrogens is 346 g/mol. The molecule has 0 atom stereocenters. The van der Waals surface area contributed by atoms with Gasteiger partial charge in [-0.05, 0) is 6.92 Å². The molecule has 0 amide bonds. The molecule has 12 heteroatoms. The minimum atomic E-state index is -6.33. The highest BCUT2D eigenvalue weighted by molar-refractivity contribution is 7.85. The molecule has 0 fully saturated rings. The lowest BCUT2D eigenvalue weighted by Crippen LogP contribution is -2.63. The van der Waals surface area contributed by atoms with Crippen LogP contribution >= 0.6 is 0 Å². The molecule has 0 bridgehead atoms. The van der Waals surface area contributed by atoms with E-state index in [2.05, 4.69) is 4.74 Å². The molecular formula is C10H10F6O5S. The standard InChI is InChI=1S/C10H10F6O5S/c1-2-3-4-5-7(17)21-8(9(11,12)13,10(14,15)16)6-22(18,19)20/h2-5H,6H2,1H3,(H,18,19,20)/b3-2+,5-4+. The summed E-state index contributed by atoms with van der Waals surface area (Å²) in [5.74, 6) is -4.99. The van der Waals surface area contributed by atoms with Gasteiger partial charge in [-0.15, -0.1) is 0 Å². The lowest BCUT2D eigenvalue weighted by molar-refractivity contribution is -0.360. The first kappa shape index (κ1) is 20.4. The van der Waals surface area contributed by atoms with E-state index in [1.165, 1.54) is 13.0 Å². The highest BCUT2D eigenvalue weighted by Gasteiger charge is 2.75. The Kier molecular flexibility index (Phi) is 6.21. The zero-order chi connectivity index (χ0) is 17.8. The van der Waals surface area contributed by atoms with Crippen LogP contribution in [0.4, 0.5) is 26.3 Å². The molecule has 0 unspecified atom stereocenters. The van der Waals surface area contributed by atoms with Crippen LogP contribution in [0.15, 0.2) is 24.3 Å². The van der Waals surface area contributed by atoms with Gasteiger partial charge in [0.25, 0.3) is 10.1 Å². The summed E-state index contributed by atoms with van der Waals surface area (Å²) >= 11 is 0. The lowest BCUT2D eigenvalue weighted by Gasteiger charge is -2.35. The summed E-state index contributed by atoms with van der Waals surface area (Å²) in [6.07, 6.45) is -9.23. The van der Waals surface area contributed by atoms with Gasteiger partial charge in [-0.1, -0.05) is 18.2 Å². The van der Waals surface area contributed by atoms with Gasteiger partial charge in [-0.3, -0.25) is 4.55 Å². The Hall–Kier alpha value is -1.56. The first-order valence-electron chi connectivity index (χ1n) is 5.27. The first-order valence-corrected chi connectivity index (χ1v) is 6.88. The predicted molar refractivity (Wildman–Crippen MR) is 61.3 cm³/mol. The molecule has 0 aliphatic heterocycles. The van der Waals surface area contributed by atoms with Crippen molar-refractivity contribution in [2.24, 2.45) is 0 Å². The third kappa shape index (κ3) is 5.33. The Morgan fingerprint density at radius 1 is 1.09 bits per heavy atom. The summed E-state index contributed by atoms with van der Waals surface area (Å²) in [5, 5.41) is 0. The molecule has 1 N–H and O–H groups in total. The molecule has 0 saturated heterocycles. The highest BCUT2D eigenvalue weighted by Crippen LogP contribution is 2.46. The van der Waals surface area contributed by atoms with Crippen LogP contribution in [0.3, 0.4) is 0 Å². The second kappa shape index (κ2) is 6.69. The van der Waals surface area contributed by atoms with Crippen molar-refractivity contribution in [3.63, 3.8) is 0 Å². The highest BCUT2D eigenvalue weighted by atomic mass is 32.2. The summed E-state index contributed by atoms with van der Waals surface area (Å²) < 4.78 is 109. The van der Waals surface area contributed by atoms with Crippen molar-refractivity contribution >= 4 is 16.1 Å². The maximum absolute atomic E-state index is 12.7. The lowest BCUT2D eigenvalue weighted by atomic mass is 10.1. The Morgan fingerprint density at radius 2 is 1.55 bits per heavy atom. The van der Waals surface area contributed by atoms with Crippen LogP contribution in [0.5, 0.6) is 0 Å². The zero-order valence-corrected chi connectivity index (χ0v) is 11.6. The maximum atomic E-state index is 12.7. The van der Waals surface area contributed by atoms with E-state index in [-0.39, 0.29) is 6.08 Å². The van der Waals surface area contributed by atoms with Crippen LogP contribution in [0.2, 0.25) is 0 Å². The maximum Gasteiger partial charge on any atom is 0.438 e. The number of carbonyl (C=O) groups is 1. The second-order valence-corrected chi connectivity index (χ2v) is 5.31. The van der Waals surface area contributed by atoms with E-state index in [0.29, 0.717) is 0 Å². The minimum absolute atomic E-state index is 0.232. The van der Waals surface area contributed by atoms with Crippen LogP contribution in [-0.4, -0.2) is 42.6 Å². The van der Waals surface area contributed by atoms with Crippen LogP contribution in [0.25, 0.3) is 0 Å². The van der Waals surface area contributed by atoms with E-state index in [1.54, 1.807) is 0 Å². The molecule has 0 saturated carbocycles. The van der Waals surface area contributed by atoms with Gasteiger partial charge in [0.1, 0.15) is 5.75 Å². The molecule has 5 nitrogen and oxygen atoms in total. The van der Waals surface area contributed by atoms with Gasteiger partial charge in [0.2, 0.25) is 0 Å². The first-order chi connectivity index (χ1) is 9.66. The number of rotatable bonds is 5. The number of hydrogen-bond donors (Lipinski definition) is 1. The van der Waals surface area contributed by atoms with Crippen LogP contribution < -0.4 is 0 Å². The summed E-state index contributed by atoms with van der Waals surface area (Å²) in [4.78, 5) is 11.1. The van der Waals surface area contributed by atoms with Gasteiger partial charge >= 0.3 is 23.9 Å². The van der Waals surface area contributed by atoms with Crippen molar-refractivity contribution in [1.82, 2.24) is 0 Å². The third-order valence-electron chi connectivity index (χ3n) is 2.11. The number of allylic oxidation sites excluding steroid dienone is 3. The van der Waals surface area contributed by atoms with E-state index in [0.717, 1.165) is 12.2 Å². The zero-order valence-electron chi connectivity index (χ0n) is 10.8. The molecule has 0 aromatic carbocycles. The molecule has 0 aliphatic carbocycles. The summed E-state index contributed by atoms with van der Waals surface area (Å²) in [5.41, 5.74) is -5.38. The molecule has 0 heterocycles. The Morgan fingerprint density at radius 3 is 1.86 bits per heavy atom. The summed E-state index contributed by atoms with van der Waals surface area (Å²) in [7, 11) is -5.77. The van der Waals surface area contributed by atoms with Gasteiger partial charge < -0.3 is 4.74 Å². The van der Waals surface area contributed by atoms with E-state index >= 15 is 0 Å². The van der Waals surface area contributed by atoms with Crippen LogP contribution in [0.1, 0.15) is 6.92 Å². The normalized spacial score (nSPS) is 14.7. The van der Waals surface area contributed by atoms with Crippen molar-refractivity contribution in [1.29, 1.82) is 0 Å². The average molecular weight is 356 g/mol. The van der Waals surface area contributed by atoms with E-state index in [1.807, 2.05) is 0 Å². The molecule has 0 aliphatic rings. The number of alkyl halides is 6. The molecule has 0 rings (SSSR count). The predicted octanol–water partition coefficient (Wildman–Crippen LogP) is 2.41. The number of ether oxygens (including phenoxy) is 1. The number of hydrogen-bond acceptors (Lipinski definition) is 4. The van der Waals surface area contributed by atoms with Crippen molar-refractivity contribution in [2.45, 2.75) is 24.9 Å². The number of esters is 1. The topological polar surface area (TPSA) is 80.7 Å². The Bertz CT molecular complexity index is 543. The van der Waals surface area contributed by atoms with E-state index < -0.39 is 39.8 Å². The van der Waals surface area contributed by atoms with Crippen LogP contribution in [0, 0.1) is 0 Å². The Balaban J connectivity index is 5.93. The fourth-order valence-corrected chi connectivity index (χ4v) is 2.08. The van der Waals surface area contributed by atoms with E-state index in [4.69, 9.17) is 4.55 Å². The number of carbonyl (C=O) groups excluding carboxylic acids is 1.